The molecule has 0 saturated carbocycles. The maximum atomic E-state index is 4.08. The second-order valence-corrected chi connectivity index (χ2v) is 7.39. The highest BCUT2D eigenvalue weighted by Crippen LogP contribution is 2.27. The summed E-state index contributed by atoms with van der Waals surface area (Å²) < 4.78 is 0. The minimum absolute atomic E-state index is 0.534. The lowest BCUT2D eigenvalue weighted by Crippen LogP contribution is -1.92. The van der Waals surface area contributed by atoms with E-state index in [1.165, 1.54) is 40.7 Å². The van der Waals surface area contributed by atoms with Crippen molar-refractivity contribution < 1.29 is 0 Å². The molecule has 26 heavy (non-hydrogen) atoms. The molecule has 0 fully saturated rings. The van der Waals surface area contributed by atoms with Gasteiger partial charge in [-0.2, -0.15) is 0 Å². The molecule has 0 N–H and O–H groups in total. The molecule has 0 aliphatic heterocycles. The molecule has 0 nitrogen and oxygen atoms in total. The molecule has 2 rings (SSSR count). The van der Waals surface area contributed by atoms with Crippen LogP contribution in [-0.4, -0.2) is 0 Å². The molecule has 0 radical (unpaired) electrons. The minimum atomic E-state index is 0.534. The smallest absolute Gasteiger partial charge is 0.0132 e. The average molecular weight is 349 g/mol. The first-order valence-electron chi connectivity index (χ1n) is 9.87. The summed E-state index contributed by atoms with van der Waals surface area (Å²) in [5.41, 5.74) is 6.82. The van der Waals surface area contributed by atoms with E-state index in [0.717, 1.165) is 12.8 Å². The van der Waals surface area contributed by atoms with Gasteiger partial charge in [0.25, 0.3) is 0 Å². The molecular weight excluding hydrogens is 312 g/mol. The summed E-state index contributed by atoms with van der Waals surface area (Å²) in [4.78, 5) is 0. The van der Waals surface area contributed by atoms with E-state index < -0.39 is 0 Å². The van der Waals surface area contributed by atoms with Gasteiger partial charge in [0.15, 0.2) is 0 Å². The Hall–Kier alpha value is -2.08. The van der Waals surface area contributed by atoms with E-state index in [1.807, 2.05) is 0 Å². The minimum Gasteiger partial charge on any atom is -0.0956 e. The van der Waals surface area contributed by atoms with Crippen LogP contribution >= 0.6 is 0 Å². The van der Waals surface area contributed by atoms with Gasteiger partial charge in [0.2, 0.25) is 0 Å². The molecule has 0 atom stereocenters. The van der Waals surface area contributed by atoms with E-state index in [-0.39, 0.29) is 0 Å². The van der Waals surface area contributed by atoms with Gasteiger partial charge in [0, 0.05) is 0 Å². The van der Waals surface area contributed by atoms with Crippen LogP contribution in [0.25, 0.3) is 5.57 Å². The van der Waals surface area contributed by atoms with Crippen molar-refractivity contribution in [3.8, 4) is 0 Å². The van der Waals surface area contributed by atoms with E-state index >= 15 is 0 Å². The van der Waals surface area contributed by atoms with Crippen molar-refractivity contribution in [3.05, 3.63) is 89.6 Å². The van der Waals surface area contributed by atoms with Gasteiger partial charge in [0.1, 0.15) is 0 Å². The quantitative estimate of drug-likeness (QED) is 0.358. The topological polar surface area (TPSA) is 0 Å². The van der Waals surface area contributed by atoms with Crippen molar-refractivity contribution in [3.63, 3.8) is 0 Å². The first-order chi connectivity index (χ1) is 12.4. The van der Waals surface area contributed by atoms with Crippen LogP contribution in [0.5, 0.6) is 0 Å². The van der Waals surface area contributed by atoms with Crippen LogP contribution < -0.4 is 0 Å². The Balaban J connectivity index is 0.000000487. The molecule has 1 aliphatic carbocycles. The fourth-order valence-corrected chi connectivity index (χ4v) is 2.72. The van der Waals surface area contributed by atoms with E-state index in [4.69, 9.17) is 0 Å². The Bertz CT molecular complexity index is 659. The monoisotopic (exact) mass is 348 g/mol. The molecule has 0 saturated heterocycles. The van der Waals surface area contributed by atoms with Gasteiger partial charge in [0.05, 0.1) is 0 Å². The molecule has 0 amide bonds. The Kier molecular flexibility index (Phi) is 10.4. The zero-order chi connectivity index (χ0) is 19.4. The molecular formula is C26H36. The first-order valence-corrected chi connectivity index (χ1v) is 9.87. The summed E-state index contributed by atoms with van der Waals surface area (Å²) in [6, 6.07) is 10.6. The highest BCUT2D eigenvalue weighted by atomic mass is 14.1. The third kappa shape index (κ3) is 8.85. The van der Waals surface area contributed by atoms with Crippen LogP contribution in [0.2, 0.25) is 0 Å². The molecule has 0 unspecified atom stereocenters. The number of benzene rings is 1. The second-order valence-electron chi connectivity index (χ2n) is 7.39. The summed E-state index contributed by atoms with van der Waals surface area (Å²) in [5, 5.41) is 0. The predicted molar refractivity (Wildman–Crippen MR) is 119 cm³/mol. The largest absolute Gasteiger partial charge is 0.0956 e. The van der Waals surface area contributed by atoms with Crippen molar-refractivity contribution in [1.29, 1.82) is 0 Å². The van der Waals surface area contributed by atoms with E-state index in [9.17, 15) is 0 Å². The number of hydrogen-bond donors (Lipinski definition) is 0. The third-order valence-corrected chi connectivity index (χ3v) is 4.36. The summed E-state index contributed by atoms with van der Waals surface area (Å²) in [7, 11) is 0. The number of rotatable bonds is 6. The molecule has 1 aromatic carbocycles. The molecule has 1 aliphatic rings. The lowest BCUT2D eigenvalue weighted by atomic mass is 9.92. The summed E-state index contributed by atoms with van der Waals surface area (Å²) >= 11 is 0. The highest BCUT2D eigenvalue weighted by Gasteiger charge is 2.06. The molecule has 0 heterocycles. The molecule has 140 valence electrons. The summed E-state index contributed by atoms with van der Waals surface area (Å²) in [6.45, 7) is 14.8. The van der Waals surface area contributed by atoms with Crippen LogP contribution in [-0.2, 0) is 0 Å². The number of allylic oxidation sites excluding steroid dienone is 9. The summed E-state index contributed by atoms with van der Waals surface area (Å²) in [6.07, 6.45) is 15.9. The SMILES string of the molecule is C=C(/C=C\CC1=CC(c2ccccc2)=CCC1)C(C)C.CCC=C(C)C. The van der Waals surface area contributed by atoms with Gasteiger partial charge in [-0.05, 0) is 56.6 Å². The van der Waals surface area contributed by atoms with Crippen LogP contribution in [0.1, 0.15) is 65.9 Å². The van der Waals surface area contributed by atoms with Crippen molar-refractivity contribution in [2.75, 3.05) is 0 Å². The maximum Gasteiger partial charge on any atom is -0.0132 e. The van der Waals surface area contributed by atoms with Gasteiger partial charge in [-0.15, -0.1) is 0 Å². The highest BCUT2D eigenvalue weighted by molar-refractivity contribution is 5.75. The molecule has 0 spiro atoms. The van der Waals surface area contributed by atoms with Crippen molar-refractivity contribution in [1.82, 2.24) is 0 Å². The van der Waals surface area contributed by atoms with Crippen molar-refractivity contribution in [2.24, 2.45) is 5.92 Å². The summed E-state index contributed by atoms with van der Waals surface area (Å²) in [5.74, 6) is 0.534. The Labute approximate surface area is 161 Å². The van der Waals surface area contributed by atoms with Gasteiger partial charge < -0.3 is 0 Å². The zero-order valence-electron chi connectivity index (χ0n) is 17.4. The Morgan fingerprint density at radius 3 is 2.38 bits per heavy atom. The number of hydrogen-bond acceptors (Lipinski definition) is 0. The third-order valence-electron chi connectivity index (χ3n) is 4.36. The van der Waals surface area contributed by atoms with E-state index in [0.29, 0.717) is 5.92 Å². The Morgan fingerprint density at radius 1 is 1.15 bits per heavy atom. The second kappa shape index (κ2) is 12.3. The normalized spacial score (nSPS) is 13.6. The predicted octanol–water partition coefficient (Wildman–Crippen LogP) is 8.31. The standard InChI is InChI=1S/C20H24.C6H12/c1-16(2)17(3)9-7-10-18-11-8-14-20(15-18)19-12-5-4-6-13-19;1-4-5-6(2)3/h4-7,9,12-16H,3,8,10-11H2,1-2H3;5H,4H2,1-3H3/b9-7-;. The fourth-order valence-electron chi connectivity index (χ4n) is 2.72. The lowest BCUT2D eigenvalue weighted by molar-refractivity contribution is 0.794. The zero-order valence-corrected chi connectivity index (χ0v) is 17.4. The van der Waals surface area contributed by atoms with Crippen LogP contribution in [0, 0.1) is 5.92 Å². The van der Waals surface area contributed by atoms with Gasteiger partial charge in [-0.25, -0.2) is 0 Å². The van der Waals surface area contributed by atoms with Crippen LogP contribution in [0.15, 0.2) is 84.0 Å². The van der Waals surface area contributed by atoms with Crippen molar-refractivity contribution >= 4 is 5.57 Å². The Morgan fingerprint density at radius 2 is 1.85 bits per heavy atom. The van der Waals surface area contributed by atoms with E-state index in [1.54, 1.807) is 0 Å². The molecule has 0 bridgehead atoms. The average Bonchev–Trinajstić information content (AvgIpc) is 2.63. The lowest BCUT2D eigenvalue weighted by Gasteiger charge is -2.13. The molecule has 1 aromatic rings. The van der Waals surface area contributed by atoms with E-state index in [2.05, 4.69) is 102 Å². The van der Waals surface area contributed by atoms with Gasteiger partial charge in [-0.3, -0.25) is 0 Å². The fraction of sp³-hybridized carbons (Fsp3) is 0.385. The van der Waals surface area contributed by atoms with Crippen molar-refractivity contribution in [2.45, 2.75) is 60.3 Å². The molecule has 0 aromatic heterocycles. The maximum absolute atomic E-state index is 4.08. The van der Waals surface area contributed by atoms with Gasteiger partial charge in [-0.1, -0.05) is 105 Å². The van der Waals surface area contributed by atoms with Gasteiger partial charge >= 0.3 is 0 Å². The first kappa shape index (κ1) is 22.0. The van der Waals surface area contributed by atoms with Crippen LogP contribution in [0.4, 0.5) is 0 Å². The van der Waals surface area contributed by atoms with Crippen LogP contribution in [0.3, 0.4) is 0 Å². The molecule has 0 heteroatoms.